The first kappa shape index (κ1) is 11.9. The van der Waals surface area contributed by atoms with Gasteiger partial charge in [0.1, 0.15) is 11.4 Å². The smallest absolute Gasteiger partial charge is 0.145 e. The lowest BCUT2D eigenvalue weighted by molar-refractivity contribution is 0.0879. The highest BCUT2D eigenvalue weighted by Gasteiger charge is 2.29. The molecule has 0 aliphatic rings. The van der Waals surface area contributed by atoms with Gasteiger partial charge in [-0.25, -0.2) is 4.98 Å². The fraction of sp³-hybridized carbons (Fsp3) is 0.357. The van der Waals surface area contributed by atoms with Crippen LogP contribution in [0.4, 0.5) is 0 Å². The van der Waals surface area contributed by atoms with Crippen molar-refractivity contribution < 1.29 is 5.11 Å². The van der Waals surface area contributed by atoms with E-state index in [4.69, 9.17) is 0 Å². The largest absolute Gasteiger partial charge is 0.377 e. The van der Waals surface area contributed by atoms with Gasteiger partial charge in [0.05, 0.1) is 0 Å². The quantitative estimate of drug-likeness (QED) is 0.876. The zero-order valence-corrected chi connectivity index (χ0v) is 10.3. The van der Waals surface area contributed by atoms with Crippen molar-refractivity contribution in [1.29, 1.82) is 0 Å². The number of benzene rings is 1. The normalized spacial score (nSPS) is 14.5. The van der Waals surface area contributed by atoms with E-state index in [0.29, 0.717) is 5.82 Å². The van der Waals surface area contributed by atoms with Gasteiger partial charge in [0.2, 0.25) is 0 Å². The van der Waals surface area contributed by atoms with E-state index in [0.717, 1.165) is 18.5 Å². The van der Waals surface area contributed by atoms with Crippen molar-refractivity contribution in [2.75, 3.05) is 0 Å². The minimum atomic E-state index is -1.04. The van der Waals surface area contributed by atoms with E-state index >= 15 is 0 Å². The summed E-state index contributed by atoms with van der Waals surface area (Å²) in [5.41, 5.74) is -0.177. The molecule has 1 unspecified atom stereocenters. The van der Waals surface area contributed by atoms with E-state index in [1.54, 1.807) is 13.1 Å². The predicted octanol–water partition coefficient (Wildman–Crippen LogP) is 2.55. The number of aryl methyl sites for hydroxylation is 1. The Hall–Kier alpha value is -1.61. The number of imidazole rings is 1. The minimum absolute atomic E-state index is 0.700. The van der Waals surface area contributed by atoms with Crippen LogP contribution in [0.25, 0.3) is 0 Å². The van der Waals surface area contributed by atoms with Crippen LogP contribution in [0.1, 0.15) is 31.7 Å². The highest BCUT2D eigenvalue weighted by molar-refractivity contribution is 5.28. The standard InChI is InChI=1S/C14H18N2O/c1-3-10-16-11-9-15-13(16)14(2,17)12-7-5-4-6-8-12/h4-9,11,17H,3,10H2,1-2H3. The molecular weight excluding hydrogens is 212 g/mol. The van der Waals surface area contributed by atoms with Crippen LogP contribution in [0.5, 0.6) is 0 Å². The summed E-state index contributed by atoms with van der Waals surface area (Å²) < 4.78 is 2.01. The molecular formula is C14H18N2O. The molecule has 1 N–H and O–H groups in total. The Morgan fingerprint density at radius 2 is 2.00 bits per heavy atom. The van der Waals surface area contributed by atoms with Crippen LogP contribution < -0.4 is 0 Å². The molecule has 1 heterocycles. The van der Waals surface area contributed by atoms with Gasteiger partial charge in [-0.05, 0) is 18.9 Å². The van der Waals surface area contributed by atoms with Crippen LogP contribution in [0, 0.1) is 0 Å². The van der Waals surface area contributed by atoms with E-state index in [1.807, 2.05) is 41.1 Å². The molecule has 2 rings (SSSR count). The van der Waals surface area contributed by atoms with Gasteiger partial charge in [-0.3, -0.25) is 0 Å². The van der Waals surface area contributed by atoms with E-state index in [2.05, 4.69) is 11.9 Å². The fourth-order valence-corrected chi connectivity index (χ4v) is 2.05. The Kier molecular flexibility index (Phi) is 3.29. The van der Waals surface area contributed by atoms with Gasteiger partial charge in [-0.15, -0.1) is 0 Å². The second-order valence-corrected chi connectivity index (χ2v) is 4.38. The van der Waals surface area contributed by atoms with Gasteiger partial charge in [0, 0.05) is 18.9 Å². The van der Waals surface area contributed by atoms with Crippen LogP contribution in [-0.2, 0) is 12.1 Å². The molecule has 0 aliphatic heterocycles. The second-order valence-electron chi connectivity index (χ2n) is 4.38. The molecule has 0 spiro atoms. The molecule has 0 amide bonds. The van der Waals surface area contributed by atoms with Gasteiger partial charge in [-0.2, -0.15) is 0 Å². The average Bonchev–Trinajstić information content (AvgIpc) is 2.80. The summed E-state index contributed by atoms with van der Waals surface area (Å²) in [7, 11) is 0. The first-order chi connectivity index (χ1) is 8.16. The SMILES string of the molecule is CCCn1ccnc1C(C)(O)c1ccccc1. The molecule has 3 nitrogen and oxygen atoms in total. The molecule has 90 valence electrons. The summed E-state index contributed by atoms with van der Waals surface area (Å²) in [5, 5.41) is 10.7. The Morgan fingerprint density at radius 3 is 2.65 bits per heavy atom. The zero-order valence-electron chi connectivity index (χ0n) is 10.3. The zero-order chi connectivity index (χ0) is 12.3. The molecule has 0 aliphatic carbocycles. The lowest BCUT2D eigenvalue weighted by Gasteiger charge is -2.24. The third kappa shape index (κ3) is 2.24. The molecule has 17 heavy (non-hydrogen) atoms. The minimum Gasteiger partial charge on any atom is -0.377 e. The summed E-state index contributed by atoms with van der Waals surface area (Å²) in [5.74, 6) is 0.700. The lowest BCUT2D eigenvalue weighted by atomic mass is 9.95. The Morgan fingerprint density at radius 1 is 1.29 bits per heavy atom. The topological polar surface area (TPSA) is 38.0 Å². The van der Waals surface area contributed by atoms with Crippen molar-refractivity contribution >= 4 is 0 Å². The maximum absolute atomic E-state index is 10.7. The molecule has 0 bridgehead atoms. The molecule has 0 radical (unpaired) electrons. The van der Waals surface area contributed by atoms with Crippen LogP contribution in [0.15, 0.2) is 42.7 Å². The van der Waals surface area contributed by atoms with Crippen LogP contribution in [0.3, 0.4) is 0 Å². The van der Waals surface area contributed by atoms with E-state index in [1.165, 1.54) is 0 Å². The van der Waals surface area contributed by atoms with E-state index in [-0.39, 0.29) is 0 Å². The molecule has 1 aromatic carbocycles. The number of aliphatic hydroxyl groups is 1. The summed E-state index contributed by atoms with van der Waals surface area (Å²) in [6, 6.07) is 9.64. The second kappa shape index (κ2) is 4.72. The van der Waals surface area contributed by atoms with Gasteiger partial charge in [0.25, 0.3) is 0 Å². The molecule has 1 atom stereocenters. The van der Waals surface area contributed by atoms with Crippen LogP contribution in [-0.4, -0.2) is 14.7 Å². The highest BCUT2D eigenvalue weighted by atomic mass is 16.3. The van der Waals surface area contributed by atoms with Gasteiger partial charge in [0.15, 0.2) is 0 Å². The first-order valence-electron chi connectivity index (χ1n) is 5.95. The molecule has 0 saturated carbocycles. The summed E-state index contributed by atoms with van der Waals surface area (Å²) in [6.07, 6.45) is 4.67. The van der Waals surface area contributed by atoms with Gasteiger partial charge >= 0.3 is 0 Å². The van der Waals surface area contributed by atoms with Crippen molar-refractivity contribution in [3.05, 3.63) is 54.1 Å². The van der Waals surface area contributed by atoms with Gasteiger partial charge in [-0.1, -0.05) is 37.3 Å². The van der Waals surface area contributed by atoms with Gasteiger partial charge < -0.3 is 9.67 Å². The van der Waals surface area contributed by atoms with Crippen molar-refractivity contribution in [3.8, 4) is 0 Å². The Bertz CT molecular complexity index is 474. The van der Waals surface area contributed by atoms with Crippen LogP contribution in [0.2, 0.25) is 0 Å². The van der Waals surface area contributed by atoms with Crippen molar-refractivity contribution in [1.82, 2.24) is 9.55 Å². The Labute approximate surface area is 102 Å². The fourth-order valence-electron chi connectivity index (χ4n) is 2.05. The molecule has 2 aromatic rings. The number of hydrogen-bond acceptors (Lipinski definition) is 2. The lowest BCUT2D eigenvalue weighted by Crippen LogP contribution is -2.27. The molecule has 1 aromatic heterocycles. The number of rotatable bonds is 4. The summed E-state index contributed by atoms with van der Waals surface area (Å²) in [4.78, 5) is 4.30. The van der Waals surface area contributed by atoms with E-state index in [9.17, 15) is 5.11 Å². The third-order valence-corrected chi connectivity index (χ3v) is 2.95. The van der Waals surface area contributed by atoms with Crippen molar-refractivity contribution in [3.63, 3.8) is 0 Å². The number of nitrogens with zero attached hydrogens (tertiary/aromatic N) is 2. The first-order valence-corrected chi connectivity index (χ1v) is 5.95. The highest BCUT2D eigenvalue weighted by Crippen LogP contribution is 2.27. The third-order valence-electron chi connectivity index (χ3n) is 2.95. The Balaban J connectivity index is 2.41. The van der Waals surface area contributed by atoms with Crippen LogP contribution >= 0.6 is 0 Å². The number of hydrogen-bond donors (Lipinski definition) is 1. The number of aromatic nitrogens is 2. The summed E-state index contributed by atoms with van der Waals surface area (Å²) in [6.45, 7) is 4.77. The van der Waals surface area contributed by atoms with E-state index < -0.39 is 5.60 Å². The monoisotopic (exact) mass is 230 g/mol. The van der Waals surface area contributed by atoms with Crippen molar-refractivity contribution in [2.24, 2.45) is 0 Å². The average molecular weight is 230 g/mol. The summed E-state index contributed by atoms with van der Waals surface area (Å²) >= 11 is 0. The maximum Gasteiger partial charge on any atom is 0.145 e. The predicted molar refractivity (Wildman–Crippen MR) is 67.6 cm³/mol. The van der Waals surface area contributed by atoms with Crippen molar-refractivity contribution in [2.45, 2.75) is 32.4 Å². The maximum atomic E-state index is 10.7. The molecule has 3 heteroatoms. The molecule has 0 saturated heterocycles. The molecule has 0 fully saturated rings.